The Balaban J connectivity index is 1.86. The van der Waals surface area contributed by atoms with Crippen molar-refractivity contribution in [3.8, 4) is 6.07 Å². The summed E-state index contributed by atoms with van der Waals surface area (Å²) in [5.74, 6) is 0.114. The van der Waals surface area contributed by atoms with Gasteiger partial charge in [-0.25, -0.2) is 0 Å². The first-order chi connectivity index (χ1) is 11.3. The molecule has 0 bridgehead atoms. The lowest BCUT2D eigenvalue weighted by molar-refractivity contribution is 0.0931. The lowest BCUT2D eigenvalue weighted by Crippen LogP contribution is -2.32. The molecule has 0 amide bonds. The lowest BCUT2D eigenvalue weighted by Gasteiger charge is -2.20. The molecule has 2 aromatic carbocycles. The number of nitriles is 1. The summed E-state index contributed by atoms with van der Waals surface area (Å²) in [5.41, 5.74) is 2.04. The van der Waals surface area contributed by atoms with Crippen LogP contribution in [0, 0.1) is 11.3 Å². The molecular weight excluding hydrogens is 284 g/mol. The molecular formula is C20H22N2O. The summed E-state index contributed by atoms with van der Waals surface area (Å²) in [5, 5.41) is 8.81. The topological polar surface area (TPSA) is 44.1 Å². The van der Waals surface area contributed by atoms with Crippen LogP contribution in [0.2, 0.25) is 0 Å². The van der Waals surface area contributed by atoms with Crippen LogP contribution < -0.4 is 0 Å². The number of carbonyl (C=O) groups excluding carboxylic acids is 1. The van der Waals surface area contributed by atoms with Gasteiger partial charge in [0.15, 0.2) is 5.78 Å². The van der Waals surface area contributed by atoms with Crippen LogP contribution in [0.3, 0.4) is 0 Å². The van der Waals surface area contributed by atoms with Crippen molar-refractivity contribution >= 4 is 5.78 Å². The highest BCUT2D eigenvalue weighted by molar-refractivity contribution is 5.97. The highest BCUT2D eigenvalue weighted by Gasteiger charge is 2.12. The SMILES string of the molecule is N#CCCN(CCCc1ccccc1)CC(=O)c1ccccc1. The van der Waals surface area contributed by atoms with Gasteiger partial charge in [0.1, 0.15) is 0 Å². The first-order valence-electron chi connectivity index (χ1n) is 8.01. The fourth-order valence-electron chi connectivity index (χ4n) is 2.55. The predicted octanol–water partition coefficient (Wildman–Crippen LogP) is 3.72. The monoisotopic (exact) mass is 306 g/mol. The number of aryl methyl sites for hydroxylation is 1. The number of benzene rings is 2. The summed E-state index contributed by atoms with van der Waals surface area (Å²) in [6.45, 7) is 1.85. The number of nitrogens with zero attached hydrogens (tertiary/aromatic N) is 2. The van der Waals surface area contributed by atoms with E-state index in [0.717, 1.165) is 24.9 Å². The Labute approximate surface area is 138 Å². The molecule has 3 nitrogen and oxygen atoms in total. The molecule has 0 aliphatic rings. The number of hydrogen-bond acceptors (Lipinski definition) is 3. The number of hydrogen-bond donors (Lipinski definition) is 0. The van der Waals surface area contributed by atoms with E-state index in [1.807, 2.05) is 48.5 Å². The van der Waals surface area contributed by atoms with E-state index >= 15 is 0 Å². The van der Waals surface area contributed by atoms with E-state index in [9.17, 15) is 4.79 Å². The minimum absolute atomic E-state index is 0.114. The van der Waals surface area contributed by atoms with Crippen molar-refractivity contribution < 1.29 is 4.79 Å². The summed E-state index contributed by atoms with van der Waals surface area (Å²) >= 11 is 0. The van der Waals surface area contributed by atoms with E-state index in [1.165, 1.54) is 5.56 Å². The van der Waals surface area contributed by atoms with Gasteiger partial charge in [0.25, 0.3) is 0 Å². The van der Waals surface area contributed by atoms with Crippen molar-refractivity contribution in [2.75, 3.05) is 19.6 Å². The van der Waals surface area contributed by atoms with Crippen molar-refractivity contribution in [3.05, 3.63) is 71.8 Å². The van der Waals surface area contributed by atoms with Crippen LogP contribution >= 0.6 is 0 Å². The molecule has 0 aliphatic carbocycles. The van der Waals surface area contributed by atoms with Crippen LogP contribution in [0.4, 0.5) is 0 Å². The smallest absolute Gasteiger partial charge is 0.176 e. The van der Waals surface area contributed by atoms with Crippen molar-refractivity contribution in [1.82, 2.24) is 4.90 Å². The van der Waals surface area contributed by atoms with E-state index in [4.69, 9.17) is 5.26 Å². The molecule has 0 heterocycles. The summed E-state index contributed by atoms with van der Waals surface area (Å²) in [7, 11) is 0. The Bertz CT molecular complexity index is 632. The molecule has 0 unspecified atom stereocenters. The quantitative estimate of drug-likeness (QED) is 0.663. The van der Waals surface area contributed by atoms with Gasteiger partial charge >= 0.3 is 0 Å². The van der Waals surface area contributed by atoms with Gasteiger partial charge in [-0.3, -0.25) is 9.69 Å². The summed E-state index contributed by atoms with van der Waals surface area (Å²) in [4.78, 5) is 14.4. The third-order valence-electron chi connectivity index (χ3n) is 3.79. The van der Waals surface area contributed by atoms with E-state index in [2.05, 4.69) is 23.1 Å². The van der Waals surface area contributed by atoms with E-state index < -0.39 is 0 Å². The fraction of sp³-hybridized carbons (Fsp3) is 0.300. The number of rotatable bonds is 9. The molecule has 0 spiro atoms. The highest BCUT2D eigenvalue weighted by Crippen LogP contribution is 2.06. The summed E-state index contributed by atoms with van der Waals surface area (Å²) < 4.78 is 0. The summed E-state index contributed by atoms with van der Waals surface area (Å²) in [6.07, 6.45) is 2.42. The fourth-order valence-corrected chi connectivity index (χ4v) is 2.55. The van der Waals surface area contributed by atoms with Crippen molar-refractivity contribution in [2.24, 2.45) is 0 Å². The van der Waals surface area contributed by atoms with Gasteiger partial charge in [-0.15, -0.1) is 0 Å². The molecule has 0 aliphatic heterocycles. The number of carbonyl (C=O) groups is 1. The van der Waals surface area contributed by atoms with Crippen LogP contribution in [0.5, 0.6) is 0 Å². The highest BCUT2D eigenvalue weighted by atomic mass is 16.1. The average molecular weight is 306 g/mol. The normalized spacial score (nSPS) is 10.4. The molecule has 0 atom stereocenters. The molecule has 0 aromatic heterocycles. The molecule has 3 heteroatoms. The average Bonchev–Trinajstić information content (AvgIpc) is 2.61. The maximum Gasteiger partial charge on any atom is 0.176 e. The Morgan fingerprint density at radius 2 is 1.61 bits per heavy atom. The number of Topliss-reactive ketones (excluding diaryl/α,β-unsaturated/α-hetero) is 1. The van der Waals surface area contributed by atoms with Crippen LogP contribution in [0.15, 0.2) is 60.7 Å². The van der Waals surface area contributed by atoms with Crippen molar-refractivity contribution in [1.29, 1.82) is 5.26 Å². The third-order valence-corrected chi connectivity index (χ3v) is 3.79. The van der Waals surface area contributed by atoms with Gasteiger partial charge in [0.05, 0.1) is 12.6 Å². The zero-order chi connectivity index (χ0) is 16.3. The Hall–Kier alpha value is -2.44. The molecule has 2 aromatic rings. The first kappa shape index (κ1) is 16.9. The molecule has 2 rings (SSSR count). The molecule has 23 heavy (non-hydrogen) atoms. The lowest BCUT2D eigenvalue weighted by atomic mass is 10.1. The maximum atomic E-state index is 12.3. The minimum atomic E-state index is 0.114. The zero-order valence-corrected chi connectivity index (χ0v) is 13.3. The van der Waals surface area contributed by atoms with Crippen LogP contribution in [0.25, 0.3) is 0 Å². The molecule has 0 saturated carbocycles. The molecule has 118 valence electrons. The van der Waals surface area contributed by atoms with Gasteiger partial charge in [-0.1, -0.05) is 60.7 Å². The Kier molecular flexibility index (Phi) is 7.03. The third kappa shape index (κ3) is 6.06. The van der Waals surface area contributed by atoms with Gasteiger partial charge in [-0.05, 0) is 24.9 Å². The molecule has 0 radical (unpaired) electrons. The van der Waals surface area contributed by atoms with E-state index in [0.29, 0.717) is 19.5 Å². The molecule has 0 saturated heterocycles. The Morgan fingerprint density at radius 1 is 0.957 bits per heavy atom. The minimum Gasteiger partial charge on any atom is -0.295 e. The Morgan fingerprint density at radius 3 is 2.26 bits per heavy atom. The van der Waals surface area contributed by atoms with E-state index in [1.54, 1.807) is 0 Å². The van der Waals surface area contributed by atoms with Gasteiger partial charge < -0.3 is 0 Å². The van der Waals surface area contributed by atoms with Crippen LogP contribution in [-0.2, 0) is 6.42 Å². The molecule has 0 N–H and O–H groups in total. The largest absolute Gasteiger partial charge is 0.295 e. The zero-order valence-electron chi connectivity index (χ0n) is 13.3. The van der Waals surface area contributed by atoms with Crippen molar-refractivity contribution in [2.45, 2.75) is 19.3 Å². The second-order valence-corrected chi connectivity index (χ2v) is 5.56. The van der Waals surface area contributed by atoms with Gasteiger partial charge in [0, 0.05) is 18.5 Å². The molecule has 0 fully saturated rings. The summed E-state index contributed by atoms with van der Waals surface area (Å²) in [6, 6.07) is 21.9. The van der Waals surface area contributed by atoms with Crippen LogP contribution in [-0.4, -0.2) is 30.3 Å². The van der Waals surface area contributed by atoms with Crippen LogP contribution in [0.1, 0.15) is 28.8 Å². The van der Waals surface area contributed by atoms with Gasteiger partial charge in [0.2, 0.25) is 0 Å². The van der Waals surface area contributed by atoms with Crippen molar-refractivity contribution in [3.63, 3.8) is 0 Å². The number of ketones is 1. The second-order valence-electron chi connectivity index (χ2n) is 5.56. The standard InChI is InChI=1S/C20H22N2O/c21-14-8-16-22(15-7-11-18-9-3-1-4-10-18)17-20(23)19-12-5-2-6-13-19/h1-6,9-10,12-13H,7-8,11,15-17H2. The van der Waals surface area contributed by atoms with Gasteiger partial charge in [-0.2, -0.15) is 5.26 Å². The predicted molar refractivity (Wildman–Crippen MR) is 92.2 cm³/mol. The first-order valence-corrected chi connectivity index (χ1v) is 8.01. The maximum absolute atomic E-state index is 12.3. The van der Waals surface area contributed by atoms with E-state index in [-0.39, 0.29) is 5.78 Å². The second kappa shape index (κ2) is 9.55.